The average molecular weight is 574 g/mol. The molecule has 0 spiro atoms. The average Bonchev–Trinajstić information content (AvgIpc) is 3.44. The number of anilines is 2. The number of rotatable bonds is 5. The second-order valence-corrected chi connectivity index (χ2v) is 11.3. The van der Waals surface area contributed by atoms with Crippen molar-refractivity contribution in [2.24, 2.45) is 23.7 Å². The van der Waals surface area contributed by atoms with Gasteiger partial charge in [-0.3, -0.25) is 19.3 Å². The summed E-state index contributed by atoms with van der Waals surface area (Å²) in [5.74, 6) is -0.742. The van der Waals surface area contributed by atoms with Crippen LogP contribution in [0.1, 0.15) is 41.8 Å². The van der Waals surface area contributed by atoms with Crippen LogP contribution >= 0.6 is 31.9 Å². The van der Waals surface area contributed by atoms with E-state index in [4.69, 9.17) is 0 Å². The van der Waals surface area contributed by atoms with Crippen LogP contribution in [-0.4, -0.2) is 27.4 Å². The maximum absolute atomic E-state index is 13.3. The number of amides is 3. The molecule has 33 heavy (non-hydrogen) atoms. The lowest BCUT2D eigenvalue weighted by Gasteiger charge is -2.28. The highest BCUT2D eigenvalue weighted by Gasteiger charge is 2.66. The predicted molar refractivity (Wildman–Crippen MR) is 136 cm³/mol. The Labute approximate surface area is 210 Å². The molecule has 3 amide bonds. The smallest absolute Gasteiger partial charge is 0.255 e. The van der Waals surface area contributed by atoms with E-state index in [1.54, 1.807) is 24.3 Å². The minimum Gasteiger partial charge on any atom is -0.321 e. The van der Waals surface area contributed by atoms with Gasteiger partial charge >= 0.3 is 0 Å². The first-order chi connectivity index (χ1) is 15.9. The predicted octanol–water partition coefficient (Wildman–Crippen LogP) is 5.35. The van der Waals surface area contributed by atoms with Crippen LogP contribution in [0.15, 0.2) is 42.5 Å². The third-order valence-electron chi connectivity index (χ3n) is 7.59. The molecule has 3 fully saturated rings. The molecule has 3 aliphatic rings. The zero-order valence-electron chi connectivity index (χ0n) is 18.6. The van der Waals surface area contributed by atoms with Gasteiger partial charge < -0.3 is 5.32 Å². The number of carbonyl (C=O) groups excluding carboxylic acids is 3. The zero-order chi connectivity index (χ0) is 23.4. The number of imide groups is 1. The molecule has 0 aromatic heterocycles. The van der Waals surface area contributed by atoms with Crippen molar-refractivity contribution in [2.45, 2.75) is 42.8 Å². The quantitative estimate of drug-likeness (QED) is 0.387. The molecule has 5 nitrogen and oxygen atoms in total. The van der Waals surface area contributed by atoms with Crippen molar-refractivity contribution in [3.63, 3.8) is 0 Å². The molecule has 172 valence electrons. The maximum atomic E-state index is 13.3. The van der Waals surface area contributed by atoms with E-state index < -0.39 is 0 Å². The molecular weight excluding hydrogens is 548 g/mol. The summed E-state index contributed by atoms with van der Waals surface area (Å²) in [5.41, 5.74) is 3.92. The molecule has 0 radical (unpaired) electrons. The molecule has 2 saturated carbocycles. The minimum absolute atomic E-state index is 0.136. The van der Waals surface area contributed by atoms with Gasteiger partial charge in [-0.2, -0.15) is 0 Å². The second kappa shape index (κ2) is 8.66. The zero-order valence-corrected chi connectivity index (χ0v) is 21.7. The Bertz CT molecular complexity index is 1100. The molecule has 5 rings (SSSR count). The standard InChI is InChI=1S/C26H26Br2N2O3/c1-3-13-7-5-8-14(4-2)23(13)29-24(31)15-9-6-10-16(11-15)30-25(32)19-17-12-18(20(19)26(30)33)22(28)21(17)27/h5-11,17-22H,3-4,12H2,1-2H3,(H,29,31)/t17-,18-,19-,20-,21+,22+/m1/s1. The molecule has 1 N–H and O–H groups in total. The van der Waals surface area contributed by atoms with Gasteiger partial charge in [0, 0.05) is 20.9 Å². The van der Waals surface area contributed by atoms with Crippen LogP contribution in [0, 0.1) is 23.7 Å². The second-order valence-electron chi connectivity index (χ2n) is 9.18. The van der Waals surface area contributed by atoms with Gasteiger partial charge in [0.25, 0.3) is 5.91 Å². The number of hydrogen-bond donors (Lipinski definition) is 1. The van der Waals surface area contributed by atoms with Crippen molar-refractivity contribution in [2.75, 3.05) is 10.2 Å². The van der Waals surface area contributed by atoms with Crippen LogP contribution in [0.5, 0.6) is 0 Å². The third-order valence-corrected chi connectivity index (χ3v) is 10.8. The van der Waals surface area contributed by atoms with Crippen LogP contribution in [0.3, 0.4) is 0 Å². The van der Waals surface area contributed by atoms with Gasteiger partial charge in [-0.15, -0.1) is 0 Å². The van der Waals surface area contributed by atoms with Crippen LogP contribution in [-0.2, 0) is 22.4 Å². The van der Waals surface area contributed by atoms with Crippen LogP contribution in [0.25, 0.3) is 0 Å². The Balaban J connectivity index is 1.42. The molecule has 1 saturated heterocycles. The highest BCUT2D eigenvalue weighted by atomic mass is 79.9. The van der Waals surface area contributed by atoms with Crippen molar-refractivity contribution in [1.82, 2.24) is 0 Å². The number of fused-ring (bicyclic) bond motifs is 5. The fourth-order valence-corrected chi connectivity index (χ4v) is 7.85. The van der Waals surface area contributed by atoms with Crippen LogP contribution in [0.2, 0.25) is 0 Å². The van der Waals surface area contributed by atoms with Crippen molar-refractivity contribution in [3.05, 3.63) is 59.2 Å². The van der Waals surface area contributed by atoms with E-state index in [2.05, 4.69) is 51.0 Å². The number of nitrogens with one attached hydrogen (secondary N) is 1. The topological polar surface area (TPSA) is 66.5 Å². The van der Waals surface area contributed by atoms with Gasteiger partial charge in [-0.05, 0) is 60.4 Å². The summed E-state index contributed by atoms with van der Waals surface area (Å²) in [4.78, 5) is 41.6. The monoisotopic (exact) mass is 572 g/mol. The molecule has 7 heteroatoms. The van der Waals surface area contributed by atoms with Gasteiger partial charge in [0.2, 0.25) is 11.8 Å². The molecule has 2 aliphatic carbocycles. The number of benzene rings is 2. The molecule has 2 aromatic carbocycles. The third kappa shape index (κ3) is 3.50. The fourth-order valence-electron chi connectivity index (χ4n) is 5.98. The number of nitrogens with zero attached hydrogens (tertiary/aromatic N) is 1. The molecule has 2 aromatic rings. The Hall–Kier alpha value is -1.99. The Morgan fingerprint density at radius 2 is 1.48 bits per heavy atom. The van der Waals surface area contributed by atoms with Crippen molar-refractivity contribution in [1.29, 1.82) is 0 Å². The first-order valence-electron chi connectivity index (χ1n) is 11.6. The van der Waals surface area contributed by atoms with Gasteiger partial charge in [0.05, 0.1) is 17.5 Å². The summed E-state index contributed by atoms with van der Waals surface area (Å²) < 4.78 is 0. The van der Waals surface area contributed by atoms with E-state index in [1.807, 2.05) is 18.2 Å². The van der Waals surface area contributed by atoms with Gasteiger partial charge in [-0.1, -0.05) is 70.0 Å². The Morgan fingerprint density at radius 1 is 0.939 bits per heavy atom. The lowest BCUT2D eigenvalue weighted by Crippen LogP contribution is -2.37. The Kier molecular flexibility index (Phi) is 5.98. The lowest BCUT2D eigenvalue weighted by molar-refractivity contribution is -0.123. The summed E-state index contributed by atoms with van der Waals surface area (Å²) in [7, 11) is 0. The van der Waals surface area contributed by atoms with Gasteiger partial charge in [-0.25, -0.2) is 0 Å². The molecule has 2 bridgehead atoms. The van der Waals surface area contributed by atoms with Crippen LogP contribution < -0.4 is 10.2 Å². The highest BCUT2D eigenvalue weighted by molar-refractivity contribution is 9.12. The summed E-state index contributed by atoms with van der Waals surface area (Å²) in [5, 5.41) is 3.07. The summed E-state index contributed by atoms with van der Waals surface area (Å²) >= 11 is 7.45. The van der Waals surface area contributed by atoms with Gasteiger partial charge in [0.15, 0.2) is 0 Å². The van der Waals surface area contributed by atoms with E-state index in [0.29, 0.717) is 11.3 Å². The van der Waals surface area contributed by atoms with E-state index >= 15 is 0 Å². The molecular formula is C26H26Br2N2O3. The highest BCUT2D eigenvalue weighted by Crippen LogP contribution is 2.60. The van der Waals surface area contributed by atoms with Gasteiger partial charge in [0.1, 0.15) is 0 Å². The number of halogens is 2. The number of alkyl halides is 2. The first kappa shape index (κ1) is 22.8. The van der Waals surface area contributed by atoms with E-state index in [1.165, 1.54) is 4.90 Å². The minimum atomic E-state index is -0.276. The molecule has 6 atom stereocenters. The number of hydrogen-bond acceptors (Lipinski definition) is 3. The maximum Gasteiger partial charge on any atom is 0.255 e. The fraction of sp³-hybridized carbons (Fsp3) is 0.423. The largest absolute Gasteiger partial charge is 0.321 e. The first-order valence-corrected chi connectivity index (χ1v) is 13.4. The lowest BCUT2D eigenvalue weighted by atomic mass is 9.81. The molecule has 0 unspecified atom stereocenters. The normalized spacial score (nSPS) is 30.1. The molecule has 1 aliphatic heterocycles. The van der Waals surface area contributed by atoms with Crippen molar-refractivity contribution >= 4 is 61.0 Å². The number of carbonyl (C=O) groups is 3. The number of para-hydroxylation sites is 1. The SMILES string of the molecule is CCc1cccc(CC)c1NC(=O)c1cccc(N2C(=O)[C@@H]3[C@H]4C[C@@H]([C@H](Br)[C@H]4Br)[C@H]3C2=O)c1. The Morgan fingerprint density at radius 3 is 2.03 bits per heavy atom. The van der Waals surface area contributed by atoms with E-state index in [-0.39, 0.29) is 51.0 Å². The summed E-state index contributed by atoms with van der Waals surface area (Å²) in [6.07, 6.45) is 2.52. The number of aryl methyl sites for hydroxylation is 2. The molecule has 1 heterocycles. The summed E-state index contributed by atoms with van der Waals surface area (Å²) in [6, 6.07) is 12.9. The summed E-state index contributed by atoms with van der Waals surface area (Å²) in [6.45, 7) is 4.13. The van der Waals surface area contributed by atoms with Crippen molar-refractivity contribution < 1.29 is 14.4 Å². The van der Waals surface area contributed by atoms with Crippen molar-refractivity contribution in [3.8, 4) is 0 Å². The van der Waals surface area contributed by atoms with E-state index in [9.17, 15) is 14.4 Å². The van der Waals surface area contributed by atoms with E-state index in [0.717, 1.165) is 36.1 Å². The van der Waals surface area contributed by atoms with Crippen LogP contribution in [0.4, 0.5) is 11.4 Å².